The van der Waals surface area contributed by atoms with Gasteiger partial charge in [0.05, 0.1) is 29.3 Å². The quantitative estimate of drug-likeness (QED) is 0.352. The van der Waals surface area contributed by atoms with Gasteiger partial charge in [0, 0.05) is 6.07 Å². The normalized spacial score (nSPS) is 10.8. The van der Waals surface area contributed by atoms with E-state index in [1.807, 2.05) is 0 Å². The summed E-state index contributed by atoms with van der Waals surface area (Å²) in [6.07, 6.45) is 0. The predicted octanol–water partition coefficient (Wildman–Crippen LogP) is 0.956. The lowest BCUT2D eigenvalue weighted by Gasteiger charge is -2.05. The molecule has 9 nitrogen and oxygen atoms in total. The molecule has 25 heavy (non-hydrogen) atoms. The minimum absolute atomic E-state index is 0.262. The number of H-pyrrole nitrogens is 1. The summed E-state index contributed by atoms with van der Waals surface area (Å²) < 4.78 is 4.68. The van der Waals surface area contributed by atoms with Crippen LogP contribution in [0, 0.1) is 0 Å². The van der Waals surface area contributed by atoms with Gasteiger partial charge in [0.1, 0.15) is 17.5 Å². The molecule has 0 aliphatic rings. The van der Waals surface area contributed by atoms with Crippen molar-refractivity contribution in [2.45, 2.75) is 10.9 Å². The molecular weight excluding hydrogens is 344 g/mol. The number of benzene rings is 1. The molecule has 0 radical (unpaired) electrons. The van der Waals surface area contributed by atoms with E-state index in [2.05, 4.69) is 24.7 Å². The van der Waals surface area contributed by atoms with Crippen molar-refractivity contribution >= 4 is 40.3 Å². The van der Waals surface area contributed by atoms with E-state index < -0.39 is 5.97 Å². The van der Waals surface area contributed by atoms with Crippen LogP contribution in [0.15, 0.2) is 34.2 Å². The predicted molar refractivity (Wildman–Crippen MR) is 94.1 cm³/mol. The van der Waals surface area contributed by atoms with E-state index in [0.717, 1.165) is 0 Å². The van der Waals surface area contributed by atoms with Gasteiger partial charge in [0.2, 0.25) is 0 Å². The third-order valence-corrected chi connectivity index (χ3v) is 4.12. The molecule has 0 aliphatic heterocycles. The number of hydrogen-bond acceptors (Lipinski definition) is 9. The third-order valence-electron chi connectivity index (χ3n) is 3.26. The number of fused-ring (bicyclic) bond motifs is 1. The Morgan fingerprint density at radius 3 is 2.60 bits per heavy atom. The van der Waals surface area contributed by atoms with Crippen LogP contribution in [0.3, 0.4) is 0 Å². The molecule has 10 heteroatoms. The average molecular weight is 358 g/mol. The van der Waals surface area contributed by atoms with Crippen molar-refractivity contribution in [3.8, 4) is 0 Å². The number of esters is 1. The zero-order chi connectivity index (χ0) is 18.0. The molecule has 3 rings (SSSR count). The molecule has 1 aromatic carbocycles. The SMILES string of the molecule is COC(=O)c1ccc2c(=O)[nH]c(CSc3nc(N)cc(N)n3)nc2c1. The highest BCUT2D eigenvalue weighted by Crippen LogP contribution is 2.20. The highest BCUT2D eigenvalue weighted by molar-refractivity contribution is 7.98. The maximum Gasteiger partial charge on any atom is 0.337 e. The minimum Gasteiger partial charge on any atom is -0.465 e. The molecule has 0 spiro atoms. The Kier molecular flexibility index (Phi) is 4.52. The topological polar surface area (TPSA) is 150 Å². The molecule has 0 unspecified atom stereocenters. The van der Waals surface area contributed by atoms with Crippen molar-refractivity contribution in [3.05, 3.63) is 46.0 Å². The second kappa shape index (κ2) is 6.77. The van der Waals surface area contributed by atoms with Crippen LogP contribution in [0.5, 0.6) is 0 Å². The molecule has 0 fully saturated rings. The van der Waals surface area contributed by atoms with Gasteiger partial charge in [-0.15, -0.1) is 0 Å². The maximum atomic E-state index is 12.2. The van der Waals surface area contributed by atoms with Gasteiger partial charge in [-0.25, -0.2) is 19.7 Å². The van der Waals surface area contributed by atoms with E-state index in [4.69, 9.17) is 11.5 Å². The molecule has 0 saturated heterocycles. The Labute approximate surface area is 145 Å². The van der Waals surface area contributed by atoms with E-state index in [1.165, 1.54) is 43.1 Å². The highest BCUT2D eigenvalue weighted by Gasteiger charge is 2.11. The summed E-state index contributed by atoms with van der Waals surface area (Å²) in [6.45, 7) is 0. The molecule has 0 amide bonds. The number of nitrogens with zero attached hydrogens (tertiary/aromatic N) is 3. The van der Waals surface area contributed by atoms with Gasteiger partial charge in [-0.3, -0.25) is 4.79 Å². The molecule has 0 aliphatic carbocycles. The van der Waals surface area contributed by atoms with Crippen molar-refractivity contribution in [1.29, 1.82) is 0 Å². The first-order valence-corrected chi connectivity index (χ1v) is 8.09. The van der Waals surface area contributed by atoms with Crippen LogP contribution < -0.4 is 17.0 Å². The fraction of sp³-hybridized carbons (Fsp3) is 0.133. The van der Waals surface area contributed by atoms with Crippen LogP contribution in [0.4, 0.5) is 11.6 Å². The van der Waals surface area contributed by atoms with Gasteiger partial charge in [-0.1, -0.05) is 11.8 Å². The maximum absolute atomic E-state index is 12.2. The first-order valence-electron chi connectivity index (χ1n) is 7.10. The zero-order valence-corrected chi connectivity index (χ0v) is 14.0. The van der Waals surface area contributed by atoms with Crippen LogP contribution in [0.25, 0.3) is 10.9 Å². The van der Waals surface area contributed by atoms with Crippen molar-refractivity contribution in [2.75, 3.05) is 18.6 Å². The molecule has 0 atom stereocenters. The van der Waals surface area contributed by atoms with E-state index in [9.17, 15) is 9.59 Å². The van der Waals surface area contributed by atoms with Crippen molar-refractivity contribution in [1.82, 2.24) is 19.9 Å². The number of nitrogens with one attached hydrogen (secondary N) is 1. The fourth-order valence-corrected chi connectivity index (χ4v) is 2.90. The van der Waals surface area contributed by atoms with Crippen molar-refractivity contribution < 1.29 is 9.53 Å². The number of carbonyl (C=O) groups excluding carboxylic acids is 1. The number of anilines is 2. The number of thioether (sulfide) groups is 1. The molecule has 2 aromatic heterocycles. The van der Waals surface area contributed by atoms with Gasteiger partial charge < -0.3 is 21.2 Å². The van der Waals surface area contributed by atoms with Crippen molar-refractivity contribution in [2.24, 2.45) is 0 Å². The smallest absolute Gasteiger partial charge is 0.337 e. The first-order chi connectivity index (χ1) is 12.0. The Bertz CT molecular complexity index is 1000. The van der Waals surface area contributed by atoms with E-state index in [1.54, 1.807) is 0 Å². The Morgan fingerprint density at radius 2 is 1.92 bits per heavy atom. The number of methoxy groups -OCH3 is 1. The number of aromatic amines is 1. The van der Waals surface area contributed by atoms with Gasteiger partial charge in [-0.2, -0.15) is 0 Å². The molecule has 2 heterocycles. The number of nitrogens with two attached hydrogens (primary N) is 2. The number of carbonyl (C=O) groups is 1. The lowest BCUT2D eigenvalue weighted by atomic mass is 10.1. The number of nitrogen functional groups attached to an aromatic ring is 2. The Balaban J connectivity index is 1.91. The van der Waals surface area contributed by atoms with E-state index in [-0.39, 0.29) is 17.2 Å². The summed E-state index contributed by atoms with van der Waals surface area (Å²) in [6, 6.07) is 6.02. The van der Waals surface area contributed by atoms with Gasteiger partial charge in [0.15, 0.2) is 5.16 Å². The summed E-state index contributed by atoms with van der Waals surface area (Å²) in [5.74, 6) is 0.740. The van der Waals surface area contributed by atoms with Gasteiger partial charge in [-0.05, 0) is 18.2 Å². The molecule has 3 aromatic rings. The van der Waals surface area contributed by atoms with Crippen LogP contribution in [0.1, 0.15) is 16.2 Å². The van der Waals surface area contributed by atoms with E-state index >= 15 is 0 Å². The molecule has 128 valence electrons. The second-order valence-electron chi connectivity index (χ2n) is 5.03. The summed E-state index contributed by atoms with van der Waals surface area (Å²) in [5, 5.41) is 0.759. The van der Waals surface area contributed by atoms with Gasteiger partial charge in [0.25, 0.3) is 5.56 Å². The Morgan fingerprint density at radius 1 is 1.20 bits per heavy atom. The number of aromatic nitrogens is 4. The molecule has 0 saturated carbocycles. The summed E-state index contributed by atoms with van der Waals surface area (Å²) in [7, 11) is 1.29. The average Bonchev–Trinajstić information content (AvgIpc) is 2.58. The highest BCUT2D eigenvalue weighted by atomic mass is 32.2. The second-order valence-corrected chi connectivity index (χ2v) is 5.97. The third kappa shape index (κ3) is 3.69. The lowest BCUT2D eigenvalue weighted by Crippen LogP contribution is -2.12. The fourth-order valence-electron chi connectivity index (χ4n) is 2.16. The van der Waals surface area contributed by atoms with Crippen LogP contribution in [0.2, 0.25) is 0 Å². The van der Waals surface area contributed by atoms with E-state index in [0.29, 0.717) is 33.2 Å². The monoisotopic (exact) mass is 358 g/mol. The number of rotatable bonds is 4. The standard InChI is InChI=1S/C15H14N6O3S/c1-24-14(23)7-2-3-8-9(4-7)18-12(21-13(8)22)6-25-15-19-10(16)5-11(17)20-15/h2-5H,6H2,1H3,(H,18,21,22)(H4,16,17,19,20). The summed E-state index contributed by atoms with van der Waals surface area (Å²) in [5.41, 5.74) is 11.7. The zero-order valence-electron chi connectivity index (χ0n) is 13.1. The van der Waals surface area contributed by atoms with Gasteiger partial charge >= 0.3 is 5.97 Å². The molecule has 5 N–H and O–H groups in total. The summed E-state index contributed by atoms with van der Waals surface area (Å²) >= 11 is 1.23. The number of ether oxygens (including phenoxy) is 1. The minimum atomic E-state index is -0.497. The van der Waals surface area contributed by atoms with Crippen LogP contribution in [-0.2, 0) is 10.5 Å². The first kappa shape index (κ1) is 16.7. The van der Waals surface area contributed by atoms with Crippen LogP contribution in [-0.4, -0.2) is 33.0 Å². The van der Waals surface area contributed by atoms with Crippen LogP contribution >= 0.6 is 11.8 Å². The van der Waals surface area contributed by atoms with Crippen molar-refractivity contribution in [3.63, 3.8) is 0 Å². The summed E-state index contributed by atoms with van der Waals surface area (Å²) in [4.78, 5) is 39.0. The molecular formula is C15H14N6O3S. The Hall–Kier alpha value is -3.14. The molecule has 0 bridgehead atoms. The number of hydrogen-bond donors (Lipinski definition) is 3. The largest absolute Gasteiger partial charge is 0.465 e. The lowest BCUT2D eigenvalue weighted by molar-refractivity contribution is 0.0601.